The van der Waals surface area contributed by atoms with Crippen LogP contribution in [0.15, 0.2) is 48.5 Å². The van der Waals surface area contributed by atoms with Gasteiger partial charge in [-0.25, -0.2) is 0 Å². The second-order valence-corrected chi connectivity index (χ2v) is 7.85. The first-order chi connectivity index (χ1) is 13.3. The first-order valence-corrected chi connectivity index (χ1v) is 10.0. The summed E-state index contributed by atoms with van der Waals surface area (Å²) in [5.74, 6) is -0.208. The topological polar surface area (TPSA) is 49.4 Å². The van der Waals surface area contributed by atoms with Gasteiger partial charge in [-0.3, -0.25) is 9.59 Å². The number of amides is 2. The SMILES string of the molecule is Cc1ccc(CN(C(=O)CCc2ccccc2Cl)[C@H](C)C(=O)NC(C)C)cc1. The van der Waals surface area contributed by atoms with Gasteiger partial charge in [0.1, 0.15) is 6.04 Å². The average Bonchev–Trinajstić information content (AvgIpc) is 2.65. The molecule has 0 fully saturated rings. The molecule has 0 aliphatic heterocycles. The fraction of sp³-hybridized carbons (Fsp3) is 0.391. The molecule has 28 heavy (non-hydrogen) atoms. The first-order valence-electron chi connectivity index (χ1n) is 9.66. The summed E-state index contributed by atoms with van der Waals surface area (Å²) in [6.07, 6.45) is 0.844. The standard InChI is InChI=1S/C23H29ClN2O2/c1-16(2)25-23(28)18(4)26(15-19-11-9-17(3)10-12-19)22(27)14-13-20-7-5-6-8-21(20)24/h5-12,16,18H,13-15H2,1-4H3,(H,25,28)/t18-/m1/s1. The lowest BCUT2D eigenvalue weighted by atomic mass is 10.1. The zero-order valence-electron chi connectivity index (χ0n) is 17.0. The Hall–Kier alpha value is -2.33. The molecule has 4 nitrogen and oxygen atoms in total. The minimum atomic E-state index is -0.553. The molecule has 2 amide bonds. The number of nitrogens with zero attached hydrogens (tertiary/aromatic N) is 1. The Balaban J connectivity index is 2.15. The number of rotatable bonds is 8. The number of halogens is 1. The molecule has 0 saturated heterocycles. The van der Waals surface area contributed by atoms with Crippen LogP contribution in [0.25, 0.3) is 0 Å². The fourth-order valence-electron chi connectivity index (χ4n) is 2.96. The van der Waals surface area contributed by atoms with E-state index in [2.05, 4.69) is 5.32 Å². The second-order valence-electron chi connectivity index (χ2n) is 7.44. The van der Waals surface area contributed by atoms with Gasteiger partial charge in [-0.15, -0.1) is 0 Å². The van der Waals surface area contributed by atoms with Gasteiger partial charge in [-0.1, -0.05) is 59.6 Å². The number of carbonyl (C=O) groups excluding carboxylic acids is 2. The van der Waals surface area contributed by atoms with Crippen LogP contribution in [0.4, 0.5) is 0 Å². The minimum Gasteiger partial charge on any atom is -0.352 e. The molecule has 0 aliphatic carbocycles. The summed E-state index contributed by atoms with van der Waals surface area (Å²) >= 11 is 6.21. The first kappa shape index (κ1) is 22.0. The van der Waals surface area contributed by atoms with Gasteiger partial charge in [-0.05, 0) is 51.3 Å². The maximum atomic E-state index is 13.0. The number of hydrogen-bond acceptors (Lipinski definition) is 2. The van der Waals surface area contributed by atoms with E-state index in [-0.39, 0.29) is 17.9 Å². The molecule has 0 spiro atoms. The van der Waals surface area contributed by atoms with Crippen LogP contribution in [-0.2, 0) is 22.6 Å². The Morgan fingerprint density at radius 1 is 1.04 bits per heavy atom. The van der Waals surface area contributed by atoms with Crippen LogP contribution < -0.4 is 5.32 Å². The molecule has 0 saturated carbocycles. The van der Waals surface area contributed by atoms with Crippen LogP contribution in [0.5, 0.6) is 0 Å². The largest absolute Gasteiger partial charge is 0.352 e. The smallest absolute Gasteiger partial charge is 0.242 e. The molecular formula is C23H29ClN2O2. The maximum absolute atomic E-state index is 13.0. The average molecular weight is 401 g/mol. The van der Waals surface area contributed by atoms with Crippen molar-refractivity contribution in [1.82, 2.24) is 10.2 Å². The van der Waals surface area contributed by atoms with Crippen molar-refractivity contribution in [3.8, 4) is 0 Å². The van der Waals surface area contributed by atoms with E-state index in [9.17, 15) is 9.59 Å². The second kappa shape index (κ2) is 10.3. The van der Waals surface area contributed by atoms with E-state index in [4.69, 9.17) is 11.6 Å². The number of nitrogens with one attached hydrogen (secondary N) is 1. The van der Waals surface area contributed by atoms with Gasteiger partial charge in [0.05, 0.1) is 0 Å². The zero-order valence-corrected chi connectivity index (χ0v) is 17.8. The van der Waals surface area contributed by atoms with Crippen molar-refractivity contribution in [3.63, 3.8) is 0 Å². The van der Waals surface area contributed by atoms with Gasteiger partial charge in [0.2, 0.25) is 11.8 Å². The molecule has 5 heteroatoms. The summed E-state index contributed by atoms with van der Waals surface area (Å²) in [7, 11) is 0. The van der Waals surface area contributed by atoms with E-state index in [0.29, 0.717) is 24.4 Å². The molecule has 0 aromatic heterocycles. The Labute approximate surface area is 172 Å². The molecule has 1 N–H and O–H groups in total. The van der Waals surface area contributed by atoms with Crippen molar-refractivity contribution in [2.45, 2.75) is 59.2 Å². The summed E-state index contributed by atoms with van der Waals surface area (Å²) in [5.41, 5.74) is 3.10. The van der Waals surface area contributed by atoms with Crippen molar-refractivity contribution in [2.24, 2.45) is 0 Å². The monoisotopic (exact) mass is 400 g/mol. The third kappa shape index (κ3) is 6.38. The van der Waals surface area contributed by atoms with Crippen molar-refractivity contribution in [3.05, 3.63) is 70.2 Å². The van der Waals surface area contributed by atoms with Crippen LogP contribution in [0, 0.1) is 6.92 Å². The number of carbonyl (C=O) groups is 2. The molecular weight excluding hydrogens is 372 g/mol. The predicted molar refractivity (Wildman–Crippen MR) is 114 cm³/mol. The summed E-state index contributed by atoms with van der Waals surface area (Å²) in [6, 6.07) is 15.0. The van der Waals surface area contributed by atoms with Crippen molar-refractivity contribution in [1.29, 1.82) is 0 Å². The third-order valence-corrected chi connectivity index (χ3v) is 5.01. The quantitative estimate of drug-likeness (QED) is 0.708. The van der Waals surface area contributed by atoms with E-state index < -0.39 is 6.04 Å². The molecule has 1 atom stereocenters. The Morgan fingerprint density at radius 3 is 2.29 bits per heavy atom. The summed E-state index contributed by atoms with van der Waals surface area (Å²) in [6.45, 7) is 8.02. The van der Waals surface area contributed by atoms with Crippen molar-refractivity contribution >= 4 is 23.4 Å². The number of benzene rings is 2. The number of hydrogen-bond donors (Lipinski definition) is 1. The highest BCUT2D eigenvalue weighted by atomic mass is 35.5. The Kier molecular flexibility index (Phi) is 8.06. The number of aryl methyl sites for hydroxylation is 2. The molecule has 0 unspecified atom stereocenters. The minimum absolute atomic E-state index is 0.0226. The van der Waals surface area contributed by atoms with Crippen LogP contribution in [0.1, 0.15) is 43.9 Å². The molecule has 2 rings (SSSR count). The van der Waals surface area contributed by atoms with Gasteiger partial charge in [0.25, 0.3) is 0 Å². The molecule has 0 radical (unpaired) electrons. The lowest BCUT2D eigenvalue weighted by Gasteiger charge is -2.29. The highest BCUT2D eigenvalue weighted by Crippen LogP contribution is 2.18. The predicted octanol–water partition coefficient (Wildman–Crippen LogP) is 4.52. The molecule has 2 aromatic rings. The third-order valence-electron chi connectivity index (χ3n) is 4.64. The van der Waals surface area contributed by atoms with Crippen LogP contribution in [0.2, 0.25) is 5.02 Å². The Bertz CT molecular complexity index is 803. The van der Waals surface area contributed by atoms with E-state index in [1.807, 2.05) is 69.3 Å². The molecule has 0 bridgehead atoms. The molecule has 2 aromatic carbocycles. The summed E-state index contributed by atoms with van der Waals surface area (Å²) < 4.78 is 0. The van der Waals surface area contributed by atoms with Gasteiger partial charge in [0.15, 0.2) is 0 Å². The molecule has 150 valence electrons. The Morgan fingerprint density at radius 2 is 1.68 bits per heavy atom. The van der Waals surface area contributed by atoms with Crippen molar-refractivity contribution < 1.29 is 9.59 Å². The van der Waals surface area contributed by atoms with E-state index in [1.54, 1.807) is 11.8 Å². The van der Waals surface area contributed by atoms with Crippen LogP contribution >= 0.6 is 11.6 Å². The lowest BCUT2D eigenvalue weighted by molar-refractivity contribution is -0.140. The van der Waals surface area contributed by atoms with E-state index in [0.717, 1.165) is 16.7 Å². The highest BCUT2D eigenvalue weighted by Gasteiger charge is 2.26. The van der Waals surface area contributed by atoms with Crippen LogP contribution in [-0.4, -0.2) is 28.8 Å². The van der Waals surface area contributed by atoms with Gasteiger partial charge >= 0.3 is 0 Å². The lowest BCUT2D eigenvalue weighted by Crippen LogP contribution is -2.49. The van der Waals surface area contributed by atoms with Gasteiger partial charge < -0.3 is 10.2 Å². The summed E-state index contributed by atoms with van der Waals surface area (Å²) in [4.78, 5) is 27.2. The molecule has 0 aliphatic rings. The zero-order chi connectivity index (χ0) is 20.7. The normalized spacial score (nSPS) is 11.9. The van der Waals surface area contributed by atoms with Gasteiger partial charge in [0, 0.05) is 24.0 Å². The molecule has 0 heterocycles. The highest BCUT2D eigenvalue weighted by molar-refractivity contribution is 6.31. The van der Waals surface area contributed by atoms with Crippen molar-refractivity contribution in [2.75, 3.05) is 0 Å². The van der Waals surface area contributed by atoms with Crippen LogP contribution in [0.3, 0.4) is 0 Å². The van der Waals surface area contributed by atoms with Gasteiger partial charge in [-0.2, -0.15) is 0 Å². The maximum Gasteiger partial charge on any atom is 0.242 e. The summed E-state index contributed by atoms with van der Waals surface area (Å²) in [5, 5.41) is 3.56. The van der Waals surface area contributed by atoms with E-state index in [1.165, 1.54) is 0 Å². The van der Waals surface area contributed by atoms with E-state index >= 15 is 0 Å². The fourth-order valence-corrected chi connectivity index (χ4v) is 3.19.